The molecule has 0 bridgehead atoms. The van der Waals surface area contributed by atoms with Gasteiger partial charge in [0.1, 0.15) is 0 Å². The quantitative estimate of drug-likeness (QED) is 0.669. The van der Waals surface area contributed by atoms with Gasteiger partial charge in [-0.1, -0.05) is 53.0 Å². The van der Waals surface area contributed by atoms with Gasteiger partial charge in [-0.25, -0.2) is 0 Å². The minimum Gasteiger partial charge on any atom is -0.0836 e. The third-order valence-corrected chi connectivity index (χ3v) is 2.76. The molecule has 0 spiro atoms. The van der Waals surface area contributed by atoms with Gasteiger partial charge in [-0.15, -0.1) is 0 Å². The van der Waals surface area contributed by atoms with Crippen LogP contribution in [0.25, 0.3) is 11.1 Å². The summed E-state index contributed by atoms with van der Waals surface area (Å²) in [7, 11) is 0. The van der Waals surface area contributed by atoms with Gasteiger partial charge >= 0.3 is 0 Å². The predicted octanol–water partition coefficient (Wildman–Crippen LogP) is 4.77. The summed E-state index contributed by atoms with van der Waals surface area (Å²) in [5.74, 6) is 0. The van der Waals surface area contributed by atoms with Crippen LogP contribution in [0.15, 0.2) is 36.4 Å². The normalized spacial score (nSPS) is 10.3. The first-order valence-electron chi connectivity index (χ1n) is 4.60. The summed E-state index contributed by atoms with van der Waals surface area (Å²) in [5.41, 5.74) is 3.24. The molecule has 0 saturated carbocycles. The van der Waals surface area contributed by atoms with Crippen molar-refractivity contribution in [2.45, 2.75) is 6.92 Å². The number of rotatable bonds is 1. The van der Waals surface area contributed by atoms with Crippen molar-refractivity contribution in [3.05, 3.63) is 58.1 Å². The van der Waals surface area contributed by atoms with Crippen molar-refractivity contribution < 1.29 is 0 Å². The van der Waals surface area contributed by atoms with Crippen LogP contribution >= 0.6 is 23.2 Å². The minimum absolute atomic E-state index is 0.579. The standard InChI is InChI=1S/C13H9Cl2/c1-9-2-4-10(5-3-9)12-8-11(14)6-7-13(12)15/h2-5,7-8H,1H3. The summed E-state index contributed by atoms with van der Waals surface area (Å²) in [6.07, 6.45) is 0. The van der Waals surface area contributed by atoms with Crippen molar-refractivity contribution in [1.82, 2.24) is 0 Å². The lowest BCUT2D eigenvalue weighted by molar-refractivity contribution is 1.47. The smallest absolute Gasteiger partial charge is 0.0492 e. The average molecular weight is 236 g/mol. The van der Waals surface area contributed by atoms with Crippen LogP contribution in [0, 0.1) is 13.0 Å². The van der Waals surface area contributed by atoms with E-state index in [4.69, 9.17) is 23.2 Å². The Morgan fingerprint density at radius 1 is 1.07 bits per heavy atom. The molecule has 0 fully saturated rings. The largest absolute Gasteiger partial charge is 0.0836 e. The van der Waals surface area contributed by atoms with Crippen molar-refractivity contribution in [1.29, 1.82) is 0 Å². The Kier molecular flexibility index (Phi) is 2.99. The van der Waals surface area contributed by atoms with E-state index >= 15 is 0 Å². The predicted molar refractivity (Wildman–Crippen MR) is 65.5 cm³/mol. The second-order valence-electron chi connectivity index (χ2n) is 3.41. The number of benzene rings is 2. The molecular formula is C13H9Cl2. The molecule has 0 nitrogen and oxygen atoms in total. The highest BCUT2D eigenvalue weighted by Gasteiger charge is 2.03. The Morgan fingerprint density at radius 3 is 2.40 bits per heavy atom. The van der Waals surface area contributed by atoms with Crippen LogP contribution < -0.4 is 0 Å². The van der Waals surface area contributed by atoms with E-state index in [0.29, 0.717) is 10.0 Å². The summed E-state index contributed by atoms with van der Waals surface area (Å²) in [6, 6.07) is 14.5. The third-order valence-electron chi connectivity index (χ3n) is 2.23. The molecule has 15 heavy (non-hydrogen) atoms. The van der Waals surface area contributed by atoms with Crippen molar-refractivity contribution >= 4 is 23.2 Å². The fourth-order valence-electron chi connectivity index (χ4n) is 1.40. The summed E-state index contributed by atoms with van der Waals surface area (Å²) >= 11 is 12.0. The molecule has 0 aliphatic rings. The molecule has 0 N–H and O–H groups in total. The SMILES string of the molecule is Cc1ccc(-c2cc(Cl)[c]cc2Cl)cc1. The Balaban J connectivity index is 2.53. The Hall–Kier alpha value is -0.980. The van der Waals surface area contributed by atoms with Gasteiger partial charge in [-0.3, -0.25) is 0 Å². The Bertz CT molecular complexity index is 472. The molecular weight excluding hydrogens is 227 g/mol. The summed E-state index contributed by atoms with van der Waals surface area (Å²) in [5, 5.41) is 1.25. The lowest BCUT2D eigenvalue weighted by Gasteiger charge is -2.05. The molecule has 75 valence electrons. The monoisotopic (exact) mass is 235 g/mol. The second-order valence-corrected chi connectivity index (χ2v) is 4.22. The zero-order chi connectivity index (χ0) is 10.8. The topological polar surface area (TPSA) is 0 Å². The molecule has 2 rings (SSSR count). The molecule has 0 atom stereocenters. The Morgan fingerprint density at radius 2 is 1.73 bits per heavy atom. The van der Waals surface area contributed by atoms with E-state index in [1.165, 1.54) is 5.56 Å². The molecule has 1 radical (unpaired) electrons. The van der Waals surface area contributed by atoms with E-state index in [-0.39, 0.29) is 0 Å². The molecule has 0 saturated heterocycles. The highest BCUT2D eigenvalue weighted by Crippen LogP contribution is 2.30. The van der Waals surface area contributed by atoms with Crippen LogP contribution in [0.5, 0.6) is 0 Å². The third kappa shape index (κ3) is 2.34. The van der Waals surface area contributed by atoms with Gasteiger partial charge in [0, 0.05) is 21.7 Å². The number of halogens is 2. The van der Waals surface area contributed by atoms with Gasteiger partial charge in [0.2, 0.25) is 0 Å². The van der Waals surface area contributed by atoms with E-state index in [9.17, 15) is 0 Å². The van der Waals surface area contributed by atoms with E-state index in [0.717, 1.165) is 11.1 Å². The van der Waals surface area contributed by atoms with Crippen LogP contribution in [0.4, 0.5) is 0 Å². The molecule has 2 aromatic rings. The highest BCUT2D eigenvalue weighted by molar-refractivity contribution is 6.35. The lowest BCUT2D eigenvalue weighted by Crippen LogP contribution is -1.80. The van der Waals surface area contributed by atoms with Crippen molar-refractivity contribution in [2.75, 3.05) is 0 Å². The van der Waals surface area contributed by atoms with Crippen molar-refractivity contribution in [2.24, 2.45) is 0 Å². The first-order valence-corrected chi connectivity index (χ1v) is 5.36. The van der Waals surface area contributed by atoms with Gasteiger partial charge in [0.05, 0.1) is 0 Å². The molecule has 2 aromatic carbocycles. The maximum absolute atomic E-state index is 6.08. The van der Waals surface area contributed by atoms with E-state index in [2.05, 4.69) is 25.1 Å². The van der Waals surface area contributed by atoms with Gasteiger partial charge in [0.25, 0.3) is 0 Å². The first kappa shape index (κ1) is 10.5. The first-order chi connectivity index (χ1) is 7.16. The zero-order valence-electron chi connectivity index (χ0n) is 8.22. The second kappa shape index (κ2) is 4.26. The van der Waals surface area contributed by atoms with Crippen molar-refractivity contribution in [3.8, 4) is 11.1 Å². The number of hydrogen-bond acceptors (Lipinski definition) is 0. The molecule has 0 heterocycles. The van der Waals surface area contributed by atoms with Gasteiger partial charge < -0.3 is 0 Å². The summed E-state index contributed by atoms with van der Waals surface area (Å²) < 4.78 is 0. The van der Waals surface area contributed by atoms with Gasteiger partial charge in [-0.05, 0) is 24.6 Å². The molecule has 0 amide bonds. The van der Waals surface area contributed by atoms with Crippen LogP contribution in [0.2, 0.25) is 10.0 Å². The van der Waals surface area contributed by atoms with Gasteiger partial charge in [-0.2, -0.15) is 0 Å². The zero-order valence-corrected chi connectivity index (χ0v) is 9.73. The molecule has 0 aromatic heterocycles. The van der Waals surface area contributed by atoms with Gasteiger partial charge in [0.15, 0.2) is 0 Å². The van der Waals surface area contributed by atoms with Crippen molar-refractivity contribution in [3.63, 3.8) is 0 Å². The highest BCUT2D eigenvalue weighted by atomic mass is 35.5. The van der Waals surface area contributed by atoms with Crippen LogP contribution in [-0.4, -0.2) is 0 Å². The van der Waals surface area contributed by atoms with Crippen LogP contribution in [0.1, 0.15) is 5.56 Å². The lowest BCUT2D eigenvalue weighted by atomic mass is 10.0. The molecule has 0 unspecified atom stereocenters. The van der Waals surface area contributed by atoms with E-state index in [1.807, 2.05) is 18.2 Å². The van der Waals surface area contributed by atoms with Crippen LogP contribution in [-0.2, 0) is 0 Å². The summed E-state index contributed by atoms with van der Waals surface area (Å²) in [6.45, 7) is 2.05. The maximum atomic E-state index is 6.08. The fraction of sp³-hybridized carbons (Fsp3) is 0.0769. The fourth-order valence-corrected chi connectivity index (χ4v) is 1.78. The molecule has 0 aliphatic heterocycles. The number of aryl methyl sites for hydroxylation is 1. The summed E-state index contributed by atoms with van der Waals surface area (Å²) in [4.78, 5) is 0. The molecule has 2 heteroatoms. The van der Waals surface area contributed by atoms with E-state index < -0.39 is 0 Å². The Labute approximate surface area is 99.5 Å². The maximum Gasteiger partial charge on any atom is 0.0492 e. The number of hydrogen-bond donors (Lipinski definition) is 0. The average Bonchev–Trinajstić information content (AvgIpc) is 2.23. The minimum atomic E-state index is 0.579. The molecule has 0 aliphatic carbocycles. The van der Waals surface area contributed by atoms with E-state index in [1.54, 1.807) is 6.07 Å². The van der Waals surface area contributed by atoms with Crippen LogP contribution in [0.3, 0.4) is 0 Å².